The zero-order valence-electron chi connectivity index (χ0n) is 12.8. The SMILES string of the molecule is CCOC(=O)c1ccc(N2C(=S)NC(C)(C)C=C2C)cc1. The number of ether oxygens (including phenoxy) is 1. The van der Waals surface area contributed by atoms with Gasteiger partial charge in [0.05, 0.1) is 17.7 Å². The molecule has 1 aromatic carbocycles. The van der Waals surface area contributed by atoms with E-state index >= 15 is 0 Å². The van der Waals surface area contributed by atoms with Crippen LogP contribution < -0.4 is 10.2 Å². The van der Waals surface area contributed by atoms with Gasteiger partial charge in [0.1, 0.15) is 0 Å². The lowest BCUT2D eigenvalue weighted by Crippen LogP contribution is -2.53. The number of rotatable bonds is 3. The number of allylic oxidation sites excluding steroid dienone is 1. The summed E-state index contributed by atoms with van der Waals surface area (Å²) in [6.07, 6.45) is 2.13. The molecule has 1 heterocycles. The summed E-state index contributed by atoms with van der Waals surface area (Å²) in [7, 11) is 0. The van der Waals surface area contributed by atoms with Gasteiger partial charge in [0.2, 0.25) is 0 Å². The quantitative estimate of drug-likeness (QED) is 0.686. The summed E-state index contributed by atoms with van der Waals surface area (Å²) >= 11 is 5.44. The second kappa shape index (κ2) is 5.85. The number of nitrogens with zero attached hydrogens (tertiary/aromatic N) is 1. The molecule has 4 nitrogen and oxygen atoms in total. The number of anilines is 1. The molecule has 21 heavy (non-hydrogen) atoms. The normalized spacial score (nSPS) is 17.0. The first-order valence-corrected chi connectivity index (χ1v) is 7.34. The van der Waals surface area contributed by atoms with Gasteiger partial charge < -0.3 is 10.1 Å². The van der Waals surface area contributed by atoms with Crippen LogP contribution in [0.15, 0.2) is 36.0 Å². The van der Waals surface area contributed by atoms with Gasteiger partial charge in [0.25, 0.3) is 0 Å². The van der Waals surface area contributed by atoms with Gasteiger partial charge in [0.15, 0.2) is 5.11 Å². The Bertz CT molecular complexity index is 591. The number of carbonyl (C=O) groups excluding carboxylic acids is 1. The van der Waals surface area contributed by atoms with Crippen LogP contribution in [-0.2, 0) is 4.74 Å². The third kappa shape index (κ3) is 3.42. The number of hydrogen-bond acceptors (Lipinski definition) is 3. The highest BCUT2D eigenvalue weighted by Gasteiger charge is 2.27. The molecule has 0 unspecified atom stereocenters. The molecule has 2 rings (SSSR count). The van der Waals surface area contributed by atoms with Crippen LogP contribution in [0.3, 0.4) is 0 Å². The van der Waals surface area contributed by atoms with Crippen molar-refractivity contribution >= 4 is 29.0 Å². The van der Waals surface area contributed by atoms with E-state index in [2.05, 4.69) is 25.2 Å². The minimum atomic E-state index is -0.309. The molecule has 1 aliphatic rings. The topological polar surface area (TPSA) is 41.6 Å². The van der Waals surface area contributed by atoms with Gasteiger partial charge in [-0.05, 0) is 70.3 Å². The fourth-order valence-electron chi connectivity index (χ4n) is 2.40. The summed E-state index contributed by atoms with van der Waals surface area (Å²) in [6, 6.07) is 7.25. The standard InChI is InChI=1S/C16H20N2O2S/c1-5-20-14(19)12-6-8-13(9-7-12)18-11(2)10-16(3,4)17-15(18)21/h6-10H,5H2,1-4H3,(H,17,21). The van der Waals surface area contributed by atoms with E-state index in [0.717, 1.165) is 11.4 Å². The van der Waals surface area contributed by atoms with Crippen molar-refractivity contribution in [2.75, 3.05) is 11.5 Å². The average molecular weight is 304 g/mol. The highest BCUT2D eigenvalue weighted by atomic mass is 32.1. The molecule has 0 atom stereocenters. The first kappa shape index (κ1) is 15.5. The first-order valence-electron chi connectivity index (χ1n) is 6.93. The number of benzene rings is 1. The third-order valence-electron chi connectivity index (χ3n) is 3.19. The zero-order valence-corrected chi connectivity index (χ0v) is 13.6. The summed E-state index contributed by atoms with van der Waals surface area (Å²) in [5.74, 6) is -0.309. The van der Waals surface area contributed by atoms with Crippen molar-refractivity contribution in [2.45, 2.75) is 33.2 Å². The molecule has 0 spiro atoms. The summed E-state index contributed by atoms with van der Waals surface area (Å²) in [5.41, 5.74) is 2.37. The predicted octanol–water partition coefficient (Wildman–Crippen LogP) is 3.24. The van der Waals surface area contributed by atoms with Gasteiger partial charge in [0, 0.05) is 11.4 Å². The Morgan fingerprint density at radius 1 is 1.33 bits per heavy atom. The molecule has 0 radical (unpaired) electrons. The van der Waals surface area contributed by atoms with Crippen LogP contribution in [0.4, 0.5) is 5.69 Å². The van der Waals surface area contributed by atoms with E-state index in [0.29, 0.717) is 17.3 Å². The minimum absolute atomic E-state index is 0.150. The highest BCUT2D eigenvalue weighted by molar-refractivity contribution is 7.80. The first-order chi connectivity index (χ1) is 9.84. The van der Waals surface area contributed by atoms with Crippen molar-refractivity contribution in [1.82, 2.24) is 5.32 Å². The van der Waals surface area contributed by atoms with Crippen molar-refractivity contribution in [3.8, 4) is 0 Å². The van der Waals surface area contributed by atoms with Crippen LogP contribution in [0.2, 0.25) is 0 Å². The second-order valence-electron chi connectivity index (χ2n) is 5.54. The molecule has 1 aliphatic heterocycles. The van der Waals surface area contributed by atoms with Crippen LogP contribution in [0.25, 0.3) is 0 Å². The Labute approximate surface area is 130 Å². The van der Waals surface area contributed by atoms with Gasteiger partial charge >= 0.3 is 5.97 Å². The Morgan fingerprint density at radius 2 is 1.95 bits per heavy atom. The molecule has 1 aromatic rings. The van der Waals surface area contributed by atoms with Crippen molar-refractivity contribution in [1.29, 1.82) is 0 Å². The second-order valence-corrected chi connectivity index (χ2v) is 5.93. The molecule has 0 aliphatic carbocycles. The van der Waals surface area contributed by atoms with Crippen LogP contribution in [0.5, 0.6) is 0 Å². The largest absolute Gasteiger partial charge is 0.462 e. The Balaban J connectivity index is 2.27. The van der Waals surface area contributed by atoms with E-state index in [-0.39, 0.29) is 11.5 Å². The molecule has 1 N–H and O–H groups in total. The molecular weight excluding hydrogens is 284 g/mol. The van der Waals surface area contributed by atoms with Gasteiger partial charge in [-0.3, -0.25) is 4.90 Å². The van der Waals surface area contributed by atoms with E-state index in [9.17, 15) is 4.79 Å². The molecule has 112 valence electrons. The summed E-state index contributed by atoms with van der Waals surface area (Å²) in [4.78, 5) is 13.6. The van der Waals surface area contributed by atoms with Crippen LogP contribution in [-0.4, -0.2) is 23.2 Å². The average Bonchev–Trinajstić information content (AvgIpc) is 2.37. The molecule has 0 amide bonds. The predicted molar refractivity (Wildman–Crippen MR) is 88.4 cm³/mol. The van der Waals surface area contributed by atoms with Crippen molar-refractivity contribution in [2.24, 2.45) is 0 Å². The van der Waals surface area contributed by atoms with Gasteiger partial charge in [-0.1, -0.05) is 0 Å². The lowest BCUT2D eigenvalue weighted by Gasteiger charge is -2.38. The van der Waals surface area contributed by atoms with Crippen molar-refractivity contribution in [3.63, 3.8) is 0 Å². The maximum atomic E-state index is 11.7. The summed E-state index contributed by atoms with van der Waals surface area (Å²) in [6.45, 7) is 8.33. The van der Waals surface area contributed by atoms with E-state index < -0.39 is 0 Å². The van der Waals surface area contributed by atoms with Crippen LogP contribution in [0.1, 0.15) is 38.1 Å². The van der Waals surface area contributed by atoms with Crippen molar-refractivity contribution < 1.29 is 9.53 Å². The van der Waals surface area contributed by atoms with Gasteiger partial charge in [-0.15, -0.1) is 0 Å². The molecule has 0 aromatic heterocycles. The van der Waals surface area contributed by atoms with E-state index in [1.807, 2.05) is 24.0 Å². The monoisotopic (exact) mass is 304 g/mol. The van der Waals surface area contributed by atoms with E-state index in [1.54, 1.807) is 19.1 Å². The molecule has 5 heteroatoms. The molecule has 0 saturated carbocycles. The number of thiocarbonyl (C=S) groups is 1. The number of nitrogens with one attached hydrogen (secondary N) is 1. The Hall–Kier alpha value is -1.88. The Kier molecular flexibility index (Phi) is 4.32. The molecular formula is C16H20N2O2S. The zero-order chi connectivity index (χ0) is 15.6. The van der Waals surface area contributed by atoms with E-state index in [1.165, 1.54) is 0 Å². The molecule has 0 fully saturated rings. The maximum Gasteiger partial charge on any atom is 0.338 e. The Morgan fingerprint density at radius 3 is 2.48 bits per heavy atom. The van der Waals surface area contributed by atoms with Gasteiger partial charge in [-0.25, -0.2) is 4.79 Å². The van der Waals surface area contributed by atoms with Crippen molar-refractivity contribution in [3.05, 3.63) is 41.6 Å². The molecule has 0 bridgehead atoms. The lowest BCUT2D eigenvalue weighted by molar-refractivity contribution is 0.0526. The van der Waals surface area contributed by atoms with E-state index in [4.69, 9.17) is 17.0 Å². The number of hydrogen-bond donors (Lipinski definition) is 1. The van der Waals surface area contributed by atoms with Gasteiger partial charge in [-0.2, -0.15) is 0 Å². The minimum Gasteiger partial charge on any atom is -0.462 e. The smallest absolute Gasteiger partial charge is 0.338 e. The summed E-state index contributed by atoms with van der Waals surface area (Å²) in [5, 5.41) is 3.94. The number of esters is 1. The van der Waals surface area contributed by atoms with Crippen LogP contribution in [0, 0.1) is 0 Å². The van der Waals surface area contributed by atoms with Crippen LogP contribution >= 0.6 is 12.2 Å². The molecule has 0 saturated heterocycles. The number of carbonyl (C=O) groups is 1. The lowest BCUT2D eigenvalue weighted by atomic mass is 10.0. The third-order valence-corrected chi connectivity index (χ3v) is 3.48. The maximum absolute atomic E-state index is 11.7. The summed E-state index contributed by atoms with van der Waals surface area (Å²) < 4.78 is 4.98. The fourth-order valence-corrected chi connectivity index (χ4v) is 2.91. The highest BCUT2D eigenvalue weighted by Crippen LogP contribution is 2.26. The fraction of sp³-hybridized carbons (Fsp3) is 0.375.